The number of carbonyl (C=O) groups excluding carboxylic acids is 1. The first-order valence-corrected chi connectivity index (χ1v) is 6.54. The lowest BCUT2D eigenvalue weighted by atomic mass is 10.2. The molecule has 0 aliphatic carbocycles. The molecular formula is C12H15FN2OS. The van der Waals surface area contributed by atoms with Crippen LogP contribution in [0.25, 0.3) is 0 Å². The number of nitrogens with one attached hydrogen (secondary N) is 1. The maximum Gasteiger partial charge on any atom is 0.233 e. The molecule has 1 atom stereocenters. The normalized spacial score (nSPS) is 20.8. The Morgan fingerprint density at radius 3 is 3.00 bits per heavy atom. The summed E-state index contributed by atoms with van der Waals surface area (Å²) in [5.74, 6) is -0.351. The standard InChI is InChI=1S/C12H15FN2OS/c13-9-7-8(14)4-5-10(9)17-11-3-1-2-6-15-12(11)16/h4-5,7,11H,1-3,6,14H2,(H,15,16). The molecule has 2 rings (SSSR count). The Morgan fingerprint density at radius 1 is 1.41 bits per heavy atom. The molecule has 92 valence electrons. The summed E-state index contributed by atoms with van der Waals surface area (Å²) in [7, 11) is 0. The number of nitrogen functional groups attached to an aromatic ring is 1. The number of rotatable bonds is 2. The number of nitrogens with two attached hydrogens (primary N) is 1. The van der Waals surface area contributed by atoms with Crippen molar-refractivity contribution in [2.45, 2.75) is 29.4 Å². The van der Waals surface area contributed by atoms with Gasteiger partial charge < -0.3 is 11.1 Å². The molecule has 0 bridgehead atoms. The Hall–Kier alpha value is -1.23. The predicted molar refractivity (Wildman–Crippen MR) is 67.3 cm³/mol. The van der Waals surface area contributed by atoms with Gasteiger partial charge in [-0.3, -0.25) is 4.79 Å². The third kappa shape index (κ3) is 3.12. The van der Waals surface area contributed by atoms with Crippen molar-refractivity contribution in [1.29, 1.82) is 0 Å². The first-order valence-electron chi connectivity index (χ1n) is 5.66. The first kappa shape index (κ1) is 12.2. The number of thioether (sulfide) groups is 1. The Balaban J connectivity index is 2.10. The summed E-state index contributed by atoms with van der Waals surface area (Å²) < 4.78 is 13.6. The summed E-state index contributed by atoms with van der Waals surface area (Å²) in [5, 5.41) is 2.64. The molecule has 1 saturated heterocycles. The molecule has 1 amide bonds. The van der Waals surface area contributed by atoms with E-state index in [4.69, 9.17) is 5.73 Å². The van der Waals surface area contributed by atoms with Gasteiger partial charge in [0.05, 0.1) is 5.25 Å². The van der Waals surface area contributed by atoms with Gasteiger partial charge in [-0.05, 0) is 31.0 Å². The number of halogens is 1. The van der Waals surface area contributed by atoms with E-state index in [1.54, 1.807) is 12.1 Å². The SMILES string of the molecule is Nc1ccc(SC2CCCCNC2=O)c(F)c1. The van der Waals surface area contributed by atoms with Gasteiger partial charge in [0.15, 0.2) is 0 Å². The Bertz CT molecular complexity index is 425. The van der Waals surface area contributed by atoms with E-state index in [1.165, 1.54) is 17.8 Å². The number of hydrogen-bond donors (Lipinski definition) is 2. The van der Waals surface area contributed by atoms with Crippen molar-refractivity contribution >= 4 is 23.4 Å². The molecular weight excluding hydrogens is 239 g/mol. The molecule has 3 N–H and O–H groups in total. The van der Waals surface area contributed by atoms with Gasteiger partial charge in [-0.2, -0.15) is 0 Å². The topological polar surface area (TPSA) is 55.1 Å². The monoisotopic (exact) mass is 254 g/mol. The van der Waals surface area contributed by atoms with Gasteiger partial charge in [-0.1, -0.05) is 6.42 Å². The van der Waals surface area contributed by atoms with Crippen molar-refractivity contribution < 1.29 is 9.18 Å². The summed E-state index contributed by atoms with van der Waals surface area (Å²) in [4.78, 5) is 12.2. The number of hydrogen-bond acceptors (Lipinski definition) is 3. The summed E-state index contributed by atoms with van der Waals surface area (Å²) >= 11 is 1.28. The fraction of sp³-hybridized carbons (Fsp3) is 0.417. The molecule has 1 aromatic carbocycles. The van der Waals surface area contributed by atoms with Crippen LogP contribution < -0.4 is 11.1 Å². The summed E-state index contributed by atoms with van der Waals surface area (Å²) in [5.41, 5.74) is 5.88. The van der Waals surface area contributed by atoms with Crippen LogP contribution in [0.3, 0.4) is 0 Å². The van der Waals surface area contributed by atoms with Gasteiger partial charge >= 0.3 is 0 Å². The molecule has 1 fully saturated rings. The average Bonchev–Trinajstić information content (AvgIpc) is 2.48. The van der Waals surface area contributed by atoms with Gasteiger partial charge in [0.25, 0.3) is 0 Å². The van der Waals surface area contributed by atoms with Crippen LogP contribution in [0.4, 0.5) is 10.1 Å². The smallest absolute Gasteiger partial charge is 0.233 e. The van der Waals surface area contributed by atoms with Crippen LogP contribution in [0.5, 0.6) is 0 Å². The summed E-state index contributed by atoms with van der Waals surface area (Å²) in [6.07, 6.45) is 2.78. The van der Waals surface area contributed by atoms with E-state index < -0.39 is 0 Å². The minimum Gasteiger partial charge on any atom is -0.399 e. The van der Waals surface area contributed by atoms with Crippen LogP contribution in [0.2, 0.25) is 0 Å². The molecule has 3 nitrogen and oxygen atoms in total. The highest BCUT2D eigenvalue weighted by atomic mass is 32.2. The maximum absolute atomic E-state index is 13.6. The highest BCUT2D eigenvalue weighted by Crippen LogP contribution is 2.30. The largest absolute Gasteiger partial charge is 0.399 e. The fourth-order valence-corrected chi connectivity index (χ4v) is 2.89. The molecule has 17 heavy (non-hydrogen) atoms. The Morgan fingerprint density at radius 2 is 2.24 bits per heavy atom. The zero-order valence-electron chi connectivity index (χ0n) is 9.41. The zero-order chi connectivity index (χ0) is 12.3. The van der Waals surface area contributed by atoms with E-state index in [9.17, 15) is 9.18 Å². The molecule has 1 aromatic rings. The molecule has 5 heteroatoms. The van der Waals surface area contributed by atoms with E-state index in [2.05, 4.69) is 5.32 Å². The lowest BCUT2D eigenvalue weighted by Crippen LogP contribution is -2.30. The van der Waals surface area contributed by atoms with Crippen molar-refractivity contribution in [3.63, 3.8) is 0 Å². The van der Waals surface area contributed by atoms with E-state index in [1.807, 2.05) is 0 Å². The van der Waals surface area contributed by atoms with Crippen molar-refractivity contribution in [1.82, 2.24) is 5.32 Å². The van der Waals surface area contributed by atoms with Gasteiger partial charge in [0.2, 0.25) is 5.91 Å². The second-order valence-electron chi connectivity index (χ2n) is 4.08. The summed E-state index contributed by atoms with van der Waals surface area (Å²) in [6, 6.07) is 4.57. The third-order valence-electron chi connectivity index (χ3n) is 2.71. The highest BCUT2D eigenvalue weighted by molar-refractivity contribution is 8.00. The third-order valence-corrected chi connectivity index (χ3v) is 4.03. The van der Waals surface area contributed by atoms with Crippen LogP contribution in [-0.4, -0.2) is 17.7 Å². The van der Waals surface area contributed by atoms with Crippen molar-refractivity contribution in [3.05, 3.63) is 24.0 Å². The number of carbonyl (C=O) groups is 1. The van der Waals surface area contributed by atoms with Crippen LogP contribution in [-0.2, 0) is 4.79 Å². The van der Waals surface area contributed by atoms with E-state index >= 15 is 0 Å². The molecule has 1 unspecified atom stereocenters. The molecule has 0 aromatic heterocycles. The quantitative estimate of drug-likeness (QED) is 0.795. The minimum atomic E-state index is -0.355. The number of benzene rings is 1. The maximum atomic E-state index is 13.6. The Labute approximate surface area is 104 Å². The Kier molecular flexibility index (Phi) is 3.89. The van der Waals surface area contributed by atoms with Crippen molar-refractivity contribution in [3.8, 4) is 0 Å². The fourth-order valence-electron chi connectivity index (χ4n) is 1.79. The first-order chi connectivity index (χ1) is 8.16. The van der Waals surface area contributed by atoms with E-state index in [0.717, 1.165) is 25.8 Å². The van der Waals surface area contributed by atoms with Gasteiger partial charge in [0.1, 0.15) is 5.82 Å². The highest BCUT2D eigenvalue weighted by Gasteiger charge is 2.22. The van der Waals surface area contributed by atoms with E-state index in [-0.39, 0.29) is 17.0 Å². The second-order valence-corrected chi connectivity index (χ2v) is 5.33. The van der Waals surface area contributed by atoms with Crippen LogP contribution in [0.1, 0.15) is 19.3 Å². The predicted octanol–water partition coefficient (Wildman–Crippen LogP) is 2.17. The van der Waals surface area contributed by atoms with Gasteiger partial charge in [-0.25, -0.2) is 4.39 Å². The number of anilines is 1. The van der Waals surface area contributed by atoms with E-state index in [0.29, 0.717) is 10.6 Å². The van der Waals surface area contributed by atoms with Crippen molar-refractivity contribution in [2.24, 2.45) is 0 Å². The molecule has 1 aliphatic heterocycles. The molecule has 0 radical (unpaired) electrons. The van der Waals surface area contributed by atoms with Crippen LogP contribution in [0, 0.1) is 5.82 Å². The lowest BCUT2D eigenvalue weighted by Gasteiger charge is -2.13. The summed E-state index contributed by atoms with van der Waals surface area (Å²) in [6.45, 7) is 0.722. The van der Waals surface area contributed by atoms with Gasteiger partial charge in [0, 0.05) is 17.1 Å². The van der Waals surface area contributed by atoms with Crippen LogP contribution >= 0.6 is 11.8 Å². The average molecular weight is 254 g/mol. The second kappa shape index (κ2) is 5.40. The number of amides is 1. The molecule has 1 aliphatic rings. The lowest BCUT2D eigenvalue weighted by molar-refractivity contribution is -0.120. The van der Waals surface area contributed by atoms with Gasteiger partial charge in [-0.15, -0.1) is 11.8 Å². The molecule has 1 heterocycles. The minimum absolute atomic E-state index is 0.00345. The zero-order valence-corrected chi connectivity index (χ0v) is 10.2. The molecule has 0 saturated carbocycles. The van der Waals surface area contributed by atoms with Crippen LogP contribution in [0.15, 0.2) is 23.1 Å². The van der Waals surface area contributed by atoms with Crippen molar-refractivity contribution in [2.75, 3.05) is 12.3 Å². The molecule has 0 spiro atoms.